The lowest BCUT2D eigenvalue weighted by Gasteiger charge is -2.05. The Morgan fingerprint density at radius 2 is 2.00 bits per heavy atom. The number of sulfonamides is 1. The minimum atomic E-state index is -4.46. The van der Waals surface area contributed by atoms with Crippen LogP contribution < -0.4 is 5.14 Å². The van der Waals surface area contributed by atoms with Crippen LogP contribution in [0.3, 0.4) is 0 Å². The zero-order chi connectivity index (χ0) is 11.8. The van der Waals surface area contributed by atoms with E-state index in [-0.39, 0.29) is 0 Å². The van der Waals surface area contributed by atoms with E-state index in [0.717, 1.165) is 0 Å². The van der Waals surface area contributed by atoms with Crippen molar-refractivity contribution in [3.63, 3.8) is 0 Å². The first-order chi connectivity index (χ1) is 6.73. The van der Waals surface area contributed by atoms with Crippen molar-refractivity contribution < 1.29 is 21.6 Å². The molecule has 0 atom stereocenters. The summed E-state index contributed by atoms with van der Waals surface area (Å²) >= 11 is 2.59. The Labute approximate surface area is 91.5 Å². The Morgan fingerprint density at radius 3 is 2.40 bits per heavy atom. The van der Waals surface area contributed by atoms with Crippen molar-refractivity contribution in [2.24, 2.45) is 5.14 Å². The maximum atomic E-state index is 13.1. The second kappa shape index (κ2) is 4.06. The lowest BCUT2D eigenvalue weighted by atomic mass is 10.3. The summed E-state index contributed by atoms with van der Waals surface area (Å²) in [7, 11) is -4.46. The Hall–Kier alpha value is -0.670. The highest BCUT2D eigenvalue weighted by Crippen LogP contribution is 2.26. The van der Waals surface area contributed by atoms with E-state index in [1.165, 1.54) is 0 Å². The predicted molar refractivity (Wildman–Crippen MR) is 48.2 cm³/mol. The van der Waals surface area contributed by atoms with Crippen LogP contribution in [-0.4, -0.2) is 13.4 Å². The number of hydrogen-bond donors (Lipinski definition) is 1. The van der Waals surface area contributed by atoms with Crippen LogP contribution in [0.2, 0.25) is 0 Å². The number of primary sulfonamides is 1. The van der Waals surface area contributed by atoms with Crippen molar-refractivity contribution in [2.45, 2.75) is 11.5 Å². The molecule has 0 amide bonds. The van der Waals surface area contributed by atoms with Gasteiger partial charge in [-0.05, 0) is 22.0 Å². The van der Waals surface area contributed by atoms with Crippen molar-refractivity contribution in [3.05, 3.63) is 22.1 Å². The molecule has 1 aromatic heterocycles. The number of hydrogen-bond acceptors (Lipinski definition) is 3. The number of alkyl halides is 2. The highest BCUT2D eigenvalue weighted by molar-refractivity contribution is 9.10. The van der Waals surface area contributed by atoms with Gasteiger partial charge in [0.05, 0.1) is 4.47 Å². The van der Waals surface area contributed by atoms with E-state index in [4.69, 9.17) is 0 Å². The Morgan fingerprint density at radius 1 is 1.47 bits per heavy atom. The summed E-state index contributed by atoms with van der Waals surface area (Å²) < 4.78 is 58.7. The summed E-state index contributed by atoms with van der Waals surface area (Å²) in [5, 5.41) is 3.40. The summed E-state index contributed by atoms with van der Waals surface area (Å²) in [5.41, 5.74) is -0.868. The molecule has 0 fully saturated rings. The molecule has 0 aromatic carbocycles. The number of nitrogens with zero attached hydrogens (tertiary/aromatic N) is 1. The van der Waals surface area contributed by atoms with Gasteiger partial charge in [-0.3, -0.25) is 0 Å². The first-order valence-electron chi connectivity index (χ1n) is 3.40. The van der Waals surface area contributed by atoms with E-state index in [1.54, 1.807) is 0 Å². The third-order valence-electron chi connectivity index (χ3n) is 1.40. The molecule has 1 rings (SSSR count). The second-order valence-corrected chi connectivity index (χ2v) is 4.82. The summed E-state index contributed by atoms with van der Waals surface area (Å²) in [5.74, 6) is -1.29. The van der Waals surface area contributed by atoms with E-state index in [1.807, 2.05) is 0 Å². The molecule has 4 nitrogen and oxygen atoms in total. The van der Waals surface area contributed by atoms with Crippen molar-refractivity contribution in [2.75, 3.05) is 0 Å². The van der Waals surface area contributed by atoms with Gasteiger partial charge in [-0.15, -0.1) is 0 Å². The highest BCUT2D eigenvalue weighted by atomic mass is 79.9. The van der Waals surface area contributed by atoms with Crippen molar-refractivity contribution >= 4 is 26.0 Å². The first kappa shape index (κ1) is 12.4. The van der Waals surface area contributed by atoms with Crippen LogP contribution in [0.15, 0.2) is 15.6 Å². The van der Waals surface area contributed by atoms with Crippen molar-refractivity contribution in [1.82, 2.24) is 4.98 Å². The summed E-state index contributed by atoms with van der Waals surface area (Å²) in [4.78, 5) is 2.94. The van der Waals surface area contributed by atoms with Gasteiger partial charge in [-0.25, -0.2) is 31.7 Å². The molecule has 84 valence electrons. The SMILES string of the molecule is NS(=O)(=O)c1nc(C(F)F)cc(Br)c1F. The molecule has 0 unspecified atom stereocenters. The molecule has 9 heteroatoms. The van der Waals surface area contributed by atoms with Crippen LogP contribution in [0.25, 0.3) is 0 Å². The molecule has 0 bridgehead atoms. The largest absolute Gasteiger partial charge is 0.280 e. The fourth-order valence-corrected chi connectivity index (χ4v) is 1.94. The highest BCUT2D eigenvalue weighted by Gasteiger charge is 2.23. The average Bonchev–Trinajstić information content (AvgIpc) is 2.06. The number of nitrogens with two attached hydrogens (primary N) is 1. The Bertz CT molecular complexity index is 491. The van der Waals surface area contributed by atoms with Crippen molar-refractivity contribution in [1.29, 1.82) is 0 Å². The fourth-order valence-electron chi connectivity index (χ4n) is 0.794. The van der Waals surface area contributed by atoms with E-state index in [9.17, 15) is 21.6 Å². The molecule has 0 radical (unpaired) electrons. The molecule has 0 saturated carbocycles. The fraction of sp³-hybridized carbons (Fsp3) is 0.167. The maximum absolute atomic E-state index is 13.1. The molecule has 1 aromatic rings. The molecule has 0 saturated heterocycles. The minimum Gasteiger partial charge on any atom is -0.231 e. The zero-order valence-electron chi connectivity index (χ0n) is 6.92. The third kappa shape index (κ3) is 2.67. The standard InChI is InChI=1S/C6H4BrF3N2O2S/c7-2-1-3(5(9)10)12-6(4(2)8)15(11,13)14/h1,5H,(H2,11,13,14). The lowest BCUT2D eigenvalue weighted by Crippen LogP contribution is -2.17. The molecule has 0 aliphatic rings. The normalized spacial score (nSPS) is 12.1. The lowest BCUT2D eigenvalue weighted by molar-refractivity contribution is 0.145. The van der Waals surface area contributed by atoms with E-state index in [0.29, 0.717) is 6.07 Å². The Kier molecular flexibility index (Phi) is 3.36. The summed E-state index contributed by atoms with van der Waals surface area (Å²) in [6.07, 6.45) is -3.01. The minimum absolute atomic E-state index is 0.433. The van der Waals surface area contributed by atoms with Gasteiger partial charge in [-0.2, -0.15) is 0 Å². The van der Waals surface area contributed by atoms with Gasteiger partial charge < -0.3 is 0 Å². The van der Waals surface area contributed by atoms with Crippen LogP contribution in [0.1, 0.15) is 12.1 Å². The molecule has 0 spiro atoms. The van der Waals surface area contributed by atoms with E-state index < -0.39 is 37.5 Å². The molecule has 15 heavy (non-hydrogen) atoms. The van der Waals surface area contributed by atoms with Crippen LogP contribution in [0, 0.1) is 5.82 Å². The monoisotopic (exact) mass is 304 g/mol. The quantitative estimate of drug-likeness (QED) is 0.901. The average molecular weight is 305 g/mol. The van der Waals surface area contributed by atoms with Crippen LogP contribution in [0.5, 0.6) is 0 Å². The van der Waals surface area contributed by atoms with Gasteiger partial charge >= 0.3 is 0 Å². The number of rotatable bonds is 2. The van der Waals surface area contributed by atoms with E-state index >= 15 is 0 Å². The Balaban J connectivity index is 3.52. The van der Waals surface area contributed by atoms with Crippen molar-refractivity contribution in [3.8, 4) is 0 Å². The first-order valence-corrected chi connectivity index (χ1v) is 5.74. The maximum Gasteiger partial charge on any atom is 0.280 e. The molecule has 0 aliphatic carbocycles. The number of pyridine rings is 1. The topological polar surface area (TPSA) is 73.1 Å². The van der Waals surface area contributed by atoms with Crippen LogP contribution in [0.4, 0.5) is 13.2 Å². The number of aromatic nitrogens is 1. The van der Waals surface area contributed by atoms with Gasteiger partial charge in [0.15, 0.2) is 5.82 Å². The van der Waals surface area contributed by atoms with Crippen LogP contribution in [-0.2, 0) is 10.0 Å². The molecular weight excluding hydrogens is 301 g/mol. The third-order valence-corrected chi connectivity index (χ3v) is 2.78. The molecular formula is C6H4BrF3N2O2S. The smallest absolute Gasteiger partial charge is 0.231 e. The predicted octanol–water partition coefficient (Wildman–Crippen LogP) is 1.57. The summed E-state index contributed by atoms with van der Waals surface area (Å²) in [6, 6.07) is 0.689. The molecule has 2 N–H and O–H groups in total. The van der Waals surface area contributed by atoms with Gasteiger partial charge in [0.25, 0.3) is 16.4 Å². The molecule has 0 aliphatic heterocycles. The molecule has 1 heterocycles. The number of halogens is 4. The van der Waals surface area contributed by atoms with Gasteiger partial charge in [0.1, 0.15) is 5.69 Å². The van der Waals surface area contributed by atoms with Gasteiger partial charge in [0.2, 0.25) is 5.03 Å². The van der Waals surface area contributed by atoms with Gasteiger partial charge in [-0.1, -0.05) is 0 Å². The van der Waals surface area contributed by atoms with Crippen LogP contribution >= 0.6 is 15.9 Å². The summed E-state index contributed by atoms with van der Waals surface area (Å²) in [6.45, 7) is 0. The zero-order valence-corrected chi connectivity index (χ0v) is 9.32. The van der Waals surface area contributed by atoms with E-state index in [2.05, 4.69) is 26.1 Å². The second-order valence-electron chi connectivity index (χ2n) is 2.49. The van der Waals surface area contributed by atoms with Gasteiger partial charge in [0, 0.05) is 0 Å².